The summed E-state index contributed by atoms with van der Waals surface area (Å²) in [6.45, 7) is 0.0337. The maximum Gasteiger partial charge on any atom is 0.337 e. The van der Waals surface area contributed by atoms with E-state index in [-0.39, 0.29) is 17.7 Å². The number of benzene rings is 1. The molecule has 1 unspecified atom stereocenters. The molecule has 1 aromatic carbocycles. The molecule has 0 saturated carbocycles. The lowest BCUT2D eigenvalue weighted by atomic mass is 10.1. The Morgan fingerprint density at radius 3 is 2.80 bits per heavy atom. The molecule has 1 aromatic rings. The number of halogens is 1. The number of hydrogen-bond donors (Lipinski definition) is 2. The number of hydrogen-bond acceptors (Lipinski definition) is 3. The van der Waals surface area contributed by atoms with E-state index >= 15 is 0 Å². The SMILES string of the molecule is COCc1cccc(C(O)C(=O)O)c1F. The van der Waals surface area contributed by atoms with E-state index < -0.39 is 17.9 Å². The zero-order valence-corrected chi connectivity index (χ0v) is 8.11. The van der Waals surface area contributed by atoms with Gasteiger partial charge in [0.25, 0.3) is 0 Å². The lowest BCUT2D eigenvalue weighted by molar-refractivity contribution is -0.147. The Morgan fingerprint density at radius 2 is 2.27 bits per heavy atom. The molecule has 5 heteroatoms. The van der Waals surface area contributed by atoms with Crippen LogP contribution in [0.1, 0.15) is 17.2 Å². The first-order valence-electron chi connectivity index (χ1n) is 4.25. The van der Waals surface area contributed by atoms with Crippen LogP contribution >= 0.6 is 0 Å². The van der Waals surface area contributed by atoms with Crippen molar-refractivity contribution in [2.75, 3.05) is 7.11 Å². The molecule has 0 bridgehead atoms. The maximum atomic E-state index is 13.6. The lowest BCUT2D eigenvalue weighted by Gasteiger charge is -2.10. The predicted octanol–water partition coefficient (Wildman–Crippen LogP) is 1.09. The van der Waals surface area contributed by atoms with E-state index in [1.54, 1.807) is 0 Å². The van der Waals surface area contributed by atoms with Crippen LogP contribution in [0, 0.1) is 5.82 Å². The fraction of sp³-hybridized carbons (Fsp3) is 0.300. The molecule has 0 spiro atoms. The first-order valence-corrected chi connectivity index (χ1v) is 4.25. The Labute approximate surface area is 85.9 Å². The van der Waals surface area contributed by atoms with Gasteiger partial charge in [0.15, 0.2) is 6.10 Å². The molecule has 0 heterocycles. The molecule has 2 N–H and O–H groups in total. The van der Waals surface area contributed by atoms with Crippen LogP contribution in [0.3, 0.4) is 0 Å². The molecule has 4 nitrogen and oxygen atoms in total. The van der Waals surface area contributed by atoms with Crippen molar-refractivity contribution in [3.63, 3.8) is 0 Å². The third-order valence-corrected chi connectivity index (χ3v) is 1.94. The van der Waals surface area contributed by atoms with Crippen LogP contribution < -0.4 is 0 Å². The van der Waals surface area contributed by atoms with Crippen molar-refractivity contribution in [2.45, 2.75) is 12.7 Å². The summed E-state index contributed by atoms with van der Waals surface area (Å²) >= 11 is 0. The van der Waals surface area contributed by atoms with Crippen molar-refractivity contribution in [3.8, 4) is 0 Å². The van der Waals surface area contributed by atoms with Crippen LogP contribution in [-0.2, 0) is 16.1 Å². The molecule has 82 valence electrons. The van der Waals surface area contributed by atoms with E-state index in [4.69, 9.17) is 9.84 Å². The van der Waals surface area contributed by atoms with E-state index in [1.165, 1.54) is 25.3 Å². The number of carbonyl (C=O) groups is 1. The number of methoxy groups -OCH3 is 1. The van der Waals surface area contributed by atoms with Crippen LogP contribution in [0.4, 0.5) is 4.39 Å². The minimum atomic E-state index is -1.85. The van der Waals surface area contributed by atoms with E-state index in [2.05, 4.69) is 0 Å². The number of carboxylic acids is 1. The van der Waals surface area contributed by atoms with Crippen molar-refractivity contribution < 1.29 is 24.1 Å². The van der Waals surface area contributed by atoms with Gasteiger partial charge in [0.2, 0.25) is 0 Å². The summed E-state index contributed by atoms with van der Waals surface area (Å²) in [5.74, 6) is -2.22. The summed E-state index contributed by atoms with van der Waals surface area (Å²) in [6, 6.07) is 4.17. The summed E-state index contributed by atoms with van der Waals surface area (Å²) in [5.41, 5.74) is -0.0349. The number of rotatable bonds is 4. The van der Waals surface area contributed by atoms with Crippen molar-refractivity contribution in [1.82, 2.24) is 0 Å². The van der Waals surface area contributed by atoms with Gasteiger partial charge < -0.3 is 14.9 Å². The van der Waals surface area contributed by atoms with Crippen LogP contribution in [-0.4, -0.2) is 23.3 Å². The number of aliphatic carboxylic acids is 1. The molecular formula is C10H11FO4. The van der Waals surface area contributed by atoms with Gasteiger partial charge in [-0.05, 0) is 0 Å². The first kappa shape index (κ1) is 11.6. The molecule has 0 radical (unpaired) electrons. The van der Waals surface area contributed by atoms with Crippen molar-refractivity contribution in [1.29, 1.82) is 0 Å². The van der Waals surface area contributed by atoms with Crippen molar-refractivity contribution >= 4 is 5.97 Å². The average Bonchev–Trinajstić information content (AvgIpc) is 2.20. The molecular weight excluding hydrogens is 203 g/mol. The van der Waals surface area contributed by atoms with Crippen LogP contribution in [0.2, 0.25) is 0 Å². The second kappa shape index (κ2) is 4.86. The van der Waals surface area contributed by atoms with Gasteiger partial charge in [-0.3, -0.25) is 0 Å². The third kappa shape index (κ3) is 2.51. The predicted molar refractivity (Wildman–Crippen MR) is 49.7 cm³/mol. The van der Waals surface area contributed by atoms with Gasteiger partial charge >= 0.3 is 5.97 Å². The smallest absolute Gasteiger partial charge is 0.337 e. The zero-order chi connectivity index (χ0) is 11.4. The van der Waals surface area contributed by atoms with Gasteiger partial charge in [0, 0.05) is 18.2 Å². The molecule has 0 aliphatic carbocycles. The quantitative estimate of drug-likeness (QED) is 0.787. The molecule has 1 atom stereocenters. The summed E-state index contributed by atoms with van der Waals surface area (Å²) in [6.07, 6.45) is -1.85. The largest absolute Gasteiger partial charge is 0.479 e. The molecule has 0 aliphatic rings. The second-order valence-corrected chi connectivity index (χ2v) is 2.99. The summed E-state index contributed by atoms with van der Waals surface area (Å²) < 4.78 is 18.3. The standard InChI is InChI=1S/C10H11FO4/c1-15-5-6-3-2-4-7(8(6)11)9(12)10(13)14/h2-4,9,12H,5H2,1H3,(H,13,14). The minimum Gasteiger partial charge on any atom is -0.479 e. The molecule has 0 amide bonds. The van der Waals surface area contributed by atoms with Crippen LogP contribution in [0.15, 0.2) is 18.2 Å². The minimum absolute atomic E-state index is 0.0337. The van der Waals surface area contributed by atoms with Gasteiger partial charge in [0.05, 0.1) is 6.61 Å². The Kier molecular flexibility index (Phi) is 3.76. The molecule has 15 heavy (non-hydrogen) atoms. The Hall–Kier alpha value is -1.46. The fourth-order valence-electron chi connectivity index (χ4n) is 1.21. The molecule has 0 saturated heterocycles. The monoisotopic (exact) mass is 214 g/mol. The fourth-order valence-corrected chi connectivity index (χ4v) is 1.21. The molecule has 0 aliphatic heterocycles. The second-order valence-electron chi connectivity index (χ2n) is 2.99. The lowest BCUT2D eigenvalue weighted by Crippen LogP contribution is -2.13. The molecule has 1 rings (SSSR count). The zero-order valence-electron chi connectivity index (χ0n) is 8.11. The summed E-state index contributed by atoms with van der Waals surface area (Å²) in [5, 5.41) is 17.7. The van der Waals surface area contributed by atoms with Crippen LogP contribution in [0.5, 0.6) is 0 Å². The van der Waals surface area contributed by atoms with Gasteiger partial charge in [-0.2, -0.15) is 0 Å². The summed E-state index contributed by atoms with van der Waals surface area (Å²) in [7, 11) is 1.40. The van der Waals surface area contributed by atoms with E-state index in [0.29, 0.717) is 0 Å². The highest BCUT2D eigenvalue weighted by Gasteiger charge is 2.21. The van der Waals surface area contributed by atoms with Gasteiger partial charge in [0.1, 0.15) is 5.82 Å². The Balaban J connectivity index is 3.08. The Morgan fingerprint density at radius 1 is 1.60 bits per heavy atom. The number of aliphatic hydroxyl groups is 1. The molecule has 0 fully saturated rings. The topological polar surface area (TPSA) is 66.8 Å². The van der Waals surface area contributed by atoms with E-state index in [1.807, 2.05) is 0 Å². The van der Waals surface area contributed by atoms with Gasteiger partial charge in [-0.1, -0.05) is 18.2 Å². The number of aliphatic hydroxyl groups excluding tert-OH is 1. The summed E-state index contributed by atoms with van der Waals surface area (Å²) in [4.78, 5) is 10.5. The van der Waals surface area contributed by atoms with E-state index in [0.717, 1.165) is 0 Å². The normalized spacial score (nSPS) is 12.5. The van der Waals surface area contributed by atoms with E-state index in [9.17, 15) is 14.3 Å². The first-order chi connectivity index (χ1) is 7.07. The average molecular weight is 214 g/mol. The number of carboxylic acid groups (broad SMARTS) is 1. The highest BCUT2D eigenvalue weighted by Crippen LogP contribution is 2.20. The van der Waals surface area contributed by atoms with Crippen LogP contribution in [0.25, 0.3) is 0 Å². The molecule has 0 aromatic heterocycles. The van der Waals surface area contributed by atoms with Crippen molar-refractivity contribution in [2.24, 2.45) is 0 Å². The highest BCUT2D eigenvalue weighted by atomic mass is 19.1. The maximum absolute atomic E-state index is 13.6. The van der Waals surface area contributed by atoms with Gasteiger partial charge in [-0.25, -0.2) is 9.18 Å². The third-order valence-electron chi connectivity index (χ3n) is 1.94. The number of ether oxygens (including phenoxy) is 1. The van der Waals surface area contributed by atoms with Crippen molar-refractivity contribution in [3.05, 3.63) is 35.1 Å². The van der Waals surface area contributed by atoms with Gasteiger partial charge in [-0.15, -0.1) is 0 Å². The Bertz CT molecular complexity index is 364. The highest BCUT2D eigenvalue weighted by molar-refractivity contribution is 5.74.